The van der Waals surface area contributed by atoms with E-state index in [1.54, 1.807) is 31.5 Å². The highest BCUT2D eigenvalue weighted by molar-refractivity contribution is 6.10. The van der Waals surface area contributed by atoms with Gasteiger partial charge in [0.15, 0.2) is 5.78 Å². The SMILES string of the molecule is CC1=C(C(=O)Nc2ccccc2C(F)(F)F)[C@H](c2cccnc2)C2=C(C[C@H](c3ccccc3)CC2=O)N1. The monoisotopic (exact) mass is 503 g/mol. The maximum atomic E-state index is 13.6. The Labute approximate surface area is 212 Å². The maximum absolute atomic E-state index is 13.6. The number of nitrogens with zero attached hydrogens (tertiary/aromatic N) is 1. The van der Waals surface area contributed by atoms with E-state index in [1.807, 2.05) is 30.3 Å². The second kappa shape index (κ2) is 9.69. The fraction of sp³-hybridized carbons (Fsp3) is 0.207. The van der Waals surface area contributed by atoms with Crippen molar-refractivity contribution in [3.63, 3.8) is 0 Å². The van der Waals surface area contributed by atoms with Crippen LogP contribution in [0.25, 0.3) is 0 Å². The van der Waals surface area contributed by atoms with Crippen LogP contribution in [0, 0.1) is 0 Å². The maximum Gasteiger partial charge on any atom is 0.418 e. The molecule has 0 saturated heterocycles. The van der Waals surface area contributed by atoms with Crippen LogP contribution in [0.1, 0.15) is 48.3 Å². The third-order valence-corrected chi connectivity index (χ3v) is 6.84. The van der Waals surface area contributed by atoms with Crippen LogP contribution in [0.4, 0.5) is 18.9 Å². The summed E-state index contributed by atoms with van der Waals surface area (Å²) in [5.74, 6) is -1.59. The molecular formula is C29H24F3N3O2. The Kier molecular flexibility index (Phi) is 6.41. The molecule has 2 heterocycles. The zero-order valence-corrected chi connectivity index (χ0v) is 20.0. The average molecular weight is 504 g/mol. The highest BCUT2D eigenvalue weighted by Crippen LogP contribution is 2.45. The van der Waals surface area contributed by atoms with Crippen molar-refractivity contribution in [1.29, 1.82) is 0 Å². The molecule has 2 aromatic carbocycles. The highest BCUT2D eigenvalue weighted by atomic mass is 19.4. The normalized spacial score (nSPS) is 19.8. The molecule has 5 nitrogen and oxygen atoms in total. The fourth-order valence-corrected chi connectivity index (χ4v) is 5.21. The van der Waals surface area contributed by atoms with Gasteiger partial charge in [0.25, 0.3) is 5.91 Å². The van der Waals surface area contributed by atoms with E-state index >= 15 is 0 Å². The molecule has 1 aromatic heterocycles. The summed E-state index contributed by atoms with van der Waals surface area (Å²) in [6.45, 7) is 1.70. The Bertz CT molecular complexity index is 1410. The van der Waals surface area contributed by atoms with Gasteiger partial charge in [0.05, 0.1) is 11.3 Å². The van der Waals surface area contributed by atoms with Gasteiger partial charge in [-0.1, -0.05) is 48.5 Å². The summed E-state index contributed by atoms with van der Waals surface area (Å²) in [4.78, 5) is 31.3. The van der Waals surface area contributed by atoms with Gasteiger partial charge in [-0.2, -0.15) is 13.2 Å². The van der Waals surface area contributed by atoms with Gasteiger partial charge in [0.2, 0.25) is 0 Å². The Morgan fingerprint density at radius 2 is 1.68 bits per heavy atom. The summed E-state index contributed by atoms with van der Waals surface area (Å²) in [6.07, 6.45) is -0.620. The van der Waals surface area contributed by atoms with Gasteiger partial charge in [-0.25, -0.2) is 0 Å². The van der Waals surface area contributed by atoms with E-state index in [1.165, 1.54) is 18.2 Å². The molecule has 0 fully saturated rings. The molecule has 2 N–H and O–H groups in total. The largest absolute Gasteiger partial charge is 0.418 e. The van der Waals surface area contributed by atoms with Gasteiger partial charge in [-0.3, -0.25) is 14.6 Å². The number of benzene rings is 2. The van der Waals surface area contributed by atoms with Crippen molar-refractivity contribution in [2.75, 3.05) is 5.32 Å². The van der Waals surface area contributed by atoms with Crippen molar-refractivity contribution in [3.05, 3.63) is 118 Å². The molecule has 8 heteroatoms. The van der Waals surface area contributed by atoms with Crippen molar-refractivity contribution in [3.8, 4) is 0 Å². The molecule has 5 rings (SSSR count). The Hall–Kier alpha value is -4.20. The second-order valence-electron chi connectivity index (χ2n) is 9.21. The number of aromatic nitrogens is 1. The lowest BCUT2D eigenvalue weighted by Crippen LogP contribution is -2.37. The number of anilines is 1. The van der Waals surface area contributed by atoms with Gasteiger partial charge >= 0.3 is 6.18 Å². The molecular weight excluding hydrogens is 479 g/mol. The number of carbonyl (C=O) groups is 2. The number of amides is 1. The zero-order chi connectivity index (χ0) is 26.2. The van der Waals surface area contributed by atoms with Crippen molar-refractivity contribution < 1.29 is 22.8 Å². The van der Waals surface area contributed by atoms with E-state index in [0.29, 0.717) is 23.3 Å². The number of alkyl halides is 3. The number of hydrogen-bond donors (Lipinski definition) is 2. The minimum Gasteiger partial charge on any atom is -0.362 e. The first-order valence-electron chi connectivity index (χ1n) is 11.9. The second-order valence-corrected chi connectivity index (χ2v) is 9.21. The third-order valence-electron chi connectivity index (χ3n) is 6.84. The van der Waals surface area contributed by atoms with Gasteiger partial charge in [0.1, 0.15) is 0 Å². The number of halogens is 3. The van der Waals surface area contributed by atoms with Crippen LogP contribution < -0.4 is 10.6 Å². The summed E-state index contributed by atoms with van der Waals surface area (Å²) in [6, 6.07) is 18.1. The topological polar surface area (TPSA) is 71.1 Å². The van der Waals surface area contributed by atoms with Crippen LogP contribution in [0.5, 0.6) is 0 Å². The molecule has 0 radical (unpaired) electrons. The van der Waals surface area contributed by atoms with Crippen molar-refractivity contribution >= 4 is 17.4 Å². The number of dihydropyridines is 1. The zero-order valence-electron chi connectivity index (χ0n) is 20.0. The molecule has 3 aromatic rings. The summed E-state index contributed by atoms with van der Waals surface area (Å²) < 4.78 is 40.7. The molecule has 2 aliphatic rings. The van der Waals surface area contributed by atoms with E-state index in [2.05, 4.69) is 15.6 Å². The molecule has 188 valence electrons. The number of pyridine rings is 1. The highest BCUT2D eigenvalue weighted by Gasteiger charge is 2.41. The van der Waals surface area contributed by atoms with Gasteiger partial charge < -0.3 is 10.6 Å². The fourth-order valence-electron chi connectivity index (χ4n) is 5.21. The van der Waals surface area contributed by atoms with Crippen LogP contribution in [0.15, 0.2) is 102 Å². The van der Waals surface area contributed by atoms with E-state index in [-0.39, 0.29) is 29.4 Å². The smallest absolute Gasteiger partial charge is 0.362 e. The van der Waals surface area contributed by atoms with Gasteiger partial charge in [0, 0.05) is 47.3 Å². The Morgan fingerprint density at radius 1 is 0.973 bits per heavy atom. The van der Waals surface area contributed by atoms with E-state index in [4.69, 9.17) is 0 Å². The number of rotatable bonds is 4. The lowest BCUT2D eigenvalue weighted by molar-refractivity contribution is -0.137. The van der Waals surface area contributed by atoms with Gasteiger partial charge in [-0.05, 0) is 48.6 Å². The van der Waals surface area contributed by atoms with Crippen LogP contribution in [0.3, 0.4) is 0 Å². The number of carbonyl (C=O) groups excluding carboxylic acids is 2. The summed E-state index contributed by atoms with van der Waals surface area (Å²) >= 11 is 0. The molecule has 0 saturated carbocycles. The summed E-state index contributed by atoms with van der Waals surface area (Å²) in [5.41, 5.74) is 2.24. The van der Waals surface area contributed by atoms with E-state index in [0.717, 1.165) is 17.3 Å². The molecule has 1 aliphatic heterocycles. The molecule has 1 aliphatic carbocycles. The van der Waals surface area contributed by atoms with Crippen molar-refractivity contribution in [1.82, 2.24) is 10.3 Å². The minimum atomic E-state index is -4.64. The quantitative estimate of drug-likeness (QED) is 0.451. The average Bonchev–Trinajstić information content (AvgIpc) is 2.88. The lowest BCUT2D eigenvalue weighted by Gasteiger charge is -2.37. The predicted molar refractivity (Wildman–Crippen MR) is 133 cm³/mol. The number of Topliss-reactive ketones (excluding diaryl/α,β-unsaturated/α-hetero) is 1. The van der Waals surface area contributed by atoms with Crippen LogP contribution in [-0.4, -0.2) is 16.7 Å². The molecule has 0 bridgehead atoms. The minimum absolute atomic E-state index is 0.0173. The van der Waals surface area contributed by atoms with E-state index in [9.17, 15) is 22.8 Å². The standard InChI is InChI=1S/C29H24F3N3O2/c1-17-25(28(37)35-22-12-6-5-11-21(22)29(30,31)32)26(19-10-7-13-33-16-19)27-23(34-17)14-20(15-24(27)36)18-8-3-2-4-9-18/h2-13,16,20,26,34H,14-15H2,1H3,(H,35,37)/t20-,26-/m0/s1. The lowest BCUT2D eigenvalue weighted by atomic mass is 9.72. The molecule has 37 heavy (non-hydrogen) atoms. The third kappa shape index (κ3) is 4.79. The van der Waals surface area contributed by atoms with Crippen LogP contribution >= 0.6 is 0 Å². The van der Waals surface area contributed by atoms with Gasteiger partial charge in [-0.15, -0.1) is 0 Å². The number of hydrogen-bond acceptors (Lipinski definition) is 4. The number of nitrogens with one attached hydrogen (secondary N) is 2. The molecule has 2 atom stereocenters. The van der Waals surface area contributed by atoms with Crippen LogP contribution in [-0.2, 0) is 15.8 Å². The van der Waals surface area contributed by atoms with Crippen LogP contribution in [0.2, 0.25) is 0 Å². The molecule has 0 spiro atoms. The Morgan fingerprint density at radius 3 is 2.38 bits per heavy atom. The van der Waals surface area contributed by atoms with E-state index < -0.39 is 23.6 Å². The van der Waals surface area contributed by atoms with Crippen molar-refractivity contribution in [2.45, 2.75) is 37.8 Å². The number of ketones is 1. The number of para-hydroxylation sites is 1. The summed E-state index contributed by atoms with van der Waals surface area (Å²) in [7, 11) is 0. The van der Waals surface area contributed by atoms with Crippen molar-refractivity contribution in [2.24, 2.45) is 0 Å². The first-order chi connectivity index (χ1) is 17.7. The first-order valence-corrected chi connectivity index (χ1v) is 11.9. The Balaban J connectivity index is 1.55. The number of allylic oxidation sites excluding steroid dienone is 3. The predicted octanol–water partition coefficient (Wildman–Crippen LogP) is 6.10. The first kappa shape index (κ1) is 24.5. The molecule has 1 amide bonds. The summed E-state index contributed by atoms with van der Waals surface area (Å²) in [5, 5.41) is 5.70. The molecule has 0 unspecified atom stereocenters.